The molecule has 0 fully saturated rings. The number of nitro groups is 1. The van der Waals surface area contributed by atoms with Crippen LogP contribution in [0.4, 0.5) is 5.69 Å². The molecule has 6 nitrogen and oxygen atoms in total. The molecule has 2 aromatic carbocycles. The Morgan fingerprint density at radius 1 is 1.12 bits per heavy atom. The molecule has 1 heterocycles. The summed E-state index contributed by atoms with van der Waals surface area (Å²) in [4.78, 5) is 22.8. The van der Waals surface area contributed by atoms with Crippen molar-refractivity contribution in [3.8, 4) is 11.4 Å². The lowest BCUT2D eigenvalue weighted by molar-refractivity contribution is -0.384. The fourth-order valence-corrected chi connectivity index (χ4v) is 2.53. The summed E-state index contributed by atoms with van der Waals surface area (Å²) in [6, 6.07) is 16.8. The van der Waals surface area contributed by atoms with Crippen LogP contribution in [-0.4, -0.2) is 22.4 Å². The predicted octanol–water partition coefficient (Wildman–Crippen LogP) is 4.29. The summed E-state index contributed by atoms with van der Waals surface area (Å²) in [6.45, 7) is 0. The Bertz CT molecular complexity index is 971. The maximum atomic E-state index is 12.3. The van der Waals surface area contributed by atoms with E-state index in [0.717, 1.165) is 5.69 Å². The molecule has 0 atom stereocenters. The number of hydrogen-bond acceptors (Lipinski definition) is 4. The molecule has 130 valence electrons. The highest BCUT2D eigenvalue weighted by atomic mass is 16.6. The standard InChI is InChI=1S/C20H16N2O4/c1-26-19-10-7-15(8-11-19)20(23)12-9-16-6-3-13-21(16)17-4-2-5-18(14-17)22(24)25/h2-14H,1H3/b12-9+. The highest BCUT2D eigenvalue weighted by Crippen LogP contribution is 2.20. The summed E-state index contributed by atoms with van der Waals surface area (Å²) in [5.41, 5.74) is 1.96. The Morgan fingerprint density at radius 3 is 2.58 bits per heavy atom. The zero-order valence-corrected chi connectivity index (χ0v) is 14.0. The smallest absolute Gasteiger partial charge is 0.271 e. The number of hydrogen-bond donors (Lipinski definition) is 0. The fraction of sp³-hybridized carbons (Fsp3) is 0.0500. The molecule has 26 heavy (non-hydrogen) atoms. The van der Waals surface area contributed by atoms with Crippen molar-refractivity contribution in [2.75, 3.05) is 7.11 Å². The zero-order chi connectivity index (χ0) is 18.5. The maximum absolute atomic E-state index is 12.3. The Labute approximate surface area is 150 Å². The van der Waals surface area contributed by atoms with Gasteiger partial charge in [-0.25, -0.2) is 0 Å². The summed E-state index contributed by atoms with van der Waals surface area (Å²) in [6.07, 6.45) is 4.95. The number of allylic oxidation sites excluding steroid dienone is 1. The Hall–Kier alpha value is -3.67. The molecule has 1 aromatic heterocycles. The van der Waals surface area contributed by atoms with E-state index < -0.39 is 4.92 Å². The third-order valence-corrected chi connectivity index (χ3v) is 3.88. The van der Waals surface area contributed by atoms with Gasteiger partial charge in [0.15, 0.2) is 5.78 Å². The van der Waals surface area contributed by atoms with Gasteiger partial charge in [-0.3, -0.25) is 14.9 Å². The van der Waals surface area contributed by atoms with E-state index in [1.165, 1.54) is 18.2 Å². The third-order valence-electron chi connectivity index (χ3n) is 3.88. The lowest BCUT2D eigenvalue weighted by Gasteiger charge is -2.06. The second-order valence-corrected chi connectivity index (χ2v) is 5.51. The van der Waals surface area contributed by atoms with Crippen molar-refractivity contribution in [3.63, 3.8) is 0 Å². The second kappa shape index (κ2) is 7.48. The van der Waals surface area contributed by atoms with Crippen molar-refractivity contribution in [1.82, 2.24) is 4.57 Å². The normalized spacial score (nSPS) is 10.8. The molecule has 3 aromatic rings. The van der Waals surface area contributed by atoms with Gasteiger partial charge in [0.1, 0.15) is 5.75 Å². The zero-order valence-electron chi connectivity index (χ0n) is 14.0. The van der Waals surface area contributed by atoms with Gasteiger partial charge in [0.25, 0.3) is 5.69 Å². The summed E-state index contributed by atoms with van der Waals surface area (Å²) >= 11 is 0. The molecule has 0 spiro atoms. The molecule has 0 radical (unpaired) electrons. The van der Waals surface area contributed by atoms with Crippen molar-refractivity contribution in [2.45, 2.75) is 0 Å². The van der Waals surface area contributed by atoms with Gasteiger partial charge in [-0.15, -0.1) is 0 Å². The first-order chi connectivity index (χ1) is 12.6. The number of carbonyl (C=O) groups excluding carboxylic acids is 1. The highest BCUT2D eigenvalue weighted by Gasteiger charge is 2.08. The number of benzene rings is 2. The van der Waals surface area contributed by atoms with Gasteiger partial charge in [-0.2, -0.15) is 0 Å². The average Bonchev–Trinajstić information content (AvgIpc) is 3.15. The number of aromatic nitrogens is 1. The number of ether oxygens (including phenoxy) is 1. The summed E-state index contributed by atoms with van der Waals surface area (Å²) in [5.74, 6) is 0.546. The molecular formula is C20H16N2O4. The summed E-state index contributed by atoms with van der Waals surface area (Å²) in [5, 5.41) is 11.0. The van der Waals surface area contributed by atoms with Crippen LogP contribution >= 0.6 is 0 Å². The Kier molecular flexibility index (Phi) is 4.94. The molecule has 0 bridgehead atoms. The minimum absolute atomic E-state index is 0.0143. The summed E-state index contributed by atoms with van der Waals surface area (Å²) in [7, 11) is 1.57. The molecule has 0 aliphatic carbocycles. The number of non-ortho nitro benzene ring substituents is 1. The van der Waals surface area contributed by atoms with E-state index in [0.29, 0.717) is 17.0 Å². The number of ketones is 1. The molecule has 0 amide bonds. The van der Waals surface area contributed by atoms with Crippen molar-refractivity contribution in [1.29, 1.82) is 0 Å². The van der Waals surface area contributed by atoms with Crippen LogP contribution in [0.25, 0.3) is 11.8 Å². The Balaban J connectivity index is 1.84. The van der Waals surface area contributed by atoms with E-state index in [9.17, 15) is 14.9 Å². The van der Waals surface area contributed by atoms with Crippen molar-refractivity contribution >= 4 is 17.5 Å². The van der Waals surface area contributed by atoms with E-state index in [1.807, 2.05) is 12.1 Å². The molecule has 0 N–H and O–H groups in total. The van der Waals surface area contributed by atoms with E-state index in [4.69, 9.17) is 4.74 Å². The second-order valence-electron chi connectivity index (χ2n) is 5.51. The molecule has 0 aliphatic heterocycles. The monoisotopic (exact) mass is 348 g/mol. The van der Waals surface area contributed by atoms with Gasteiger partial charge in [0.05, 0.1) is 17.7 Å². The quantitative estimate of drug-likeness (QED) is 0.288. The van der Waals surface area contributed by atoms with Crippen molar-refractivity contribution in [3.05, 3.63) is 94.3 Å². The third kappa shape index (κ3) is 3.70. The van der Waals surface area contributed by atoms with E-state index in [1.54, 1.807) is 60.3 Å². The van der Waals surface area contributed by atoms with Crippen molar-refractivity contribution in [2.24, 2.45) is 0 Å². The fourth-order valence-electron chi connectivity index (χ4n) is 2.53. The average molecular weight is 348 g/mol. The van der Waals surface area contributed by atoms with Crippen LogP contribution in [0.5, 0.6) is 5.75 Å². The van der Waals surface area contributed by atoms with Crippen LogP contribution in [0.3, 0.4) is 0 Å². The first-order valence-corrected chi connectivity index (χ1v) is 7.87. The molecule has 0 unspecified atom stereocenters. The maximum Gasteiger partial charge on any atom is 0.271 e. The van der Waals surface area contributed by atoms with Gasteiger partial charge >= 0.3 is 0 Å². The lowest BCUT2D eigenvalue weighted by Crippen LogP contribution is -1.98. The van der Waals surface area contributed by atoms with Gasteiger partial charge in [0.2, 0.25) is 0 Å². The molecule has 6 heteroatoms. The van der Waals surface area contributed by atoms with E-state index >= 15 is 0 Å². The topological polar surface area (TPSA) is 74.4 Å². The van der Waals surface area contributed by atoms with Gasteiger partial charge in [0, 0.05) is 29.6 Å². The van der Waals surface area contributed by atoms with Crippen LogP contribution in [0, 0.1) is 10.1 Å². The van der Waals surface area contributed by atoms with Gasteiger partial charge in [-0.1, -0.05) is 6.07 Å². The lowest BCUT2D eigenvalue weighted by atomic mass is 10.1. The predicted molar refractivity (Wildman–Crippen MR) is 98.8 cm³/mol. The van der Waals surface area contributed by atoms with Crippen LogP contribution in [0.2, 0.25) is 0 Å². The molecule has 0 saturated heterocycles. The largest absolute Gasteiger partial charge is 0.497 e. The van der Waals surface area contributed by atoms with Crippen LogP contribution in [0.15, 0.2) is 72.9 Å². The van der Waals surface area contributed by atoms with E-state index in [2.05, 4.69) is 0 Å². The minimum atomic E-state index is -0.435. The highest BCUT2D eigenvalue weighted by molar-refractivity contribution is 6.06. The minimum Gasteiger partial charge on any atom is -0.497 e. The molecule has 3 rings (SSSR count). The number of nitro benzene ring substituents is 1. The van der Waals surface area contributed by atoms with Crippen molar-refractivity contribution < 1.29 is 14.5 Å². The van der Waals surface area contributed by atoms with Crippen LogP contribution in [0.1, 0.15) is 16.1 Å². The number of carbonyl (C=O) groups is 1. The van der Waals surface area contributed by atoms with Gasteiger partial charge in [-0.05, 0) is 54.6 Å². The molecular weight excluding hydrogens is 332 g/mol. The Morgan fingerprint density at radius 2 is 1.88 bits per heavy atom. The first-order valence-electron chi connectivity index (χ1n) is 7.87. The number of nitrogens with zero attached hydrogens (tertiary/aromatic N) is 2. The van der Waals surface area contributed by atoms with Gasteiger partial charge < -0.3 is 9.30 Å². The number of methoxy groups -OCH3 is 1. The van der Waals surface area contributed by atoms with E-state index in [-0.39, 0.29) is 11.5 Å². The molecule has 0 aliphatic rings. The first kappa shape index (κ1) is 17.2. The van der Waals surface area contributed by atoms with Crippen LogP contribution in [-0.2, 0) is 0 Å². The SMILES string of the molecule is COc1ccc(C(=O)/C=C/c2cccn2-c2cccc([N+](=O)[O-])c2)cc1. The van der Waals surface area contributed by atoms with Crippen LogP contribution < -0.4 is 4.74 Å². The molecule has 0 saturated carbocycles. The number of rotatable bonds is 6. The summed E-state index contributed by atoms with van der Waals surface area (Å²) < 4.78 is 6.86.